The van der Waals surface area contributed by atoms with Crippen LogP contribution >= 0.6 is 11.3 Å². The Morgan fingerprint density at radius 1 is 1.24 bits per heavy atom. The lowest BCUT2D eigenvalue weighted by Crippen LogP contribution is -2.33. The highest BCUT2D eigenvalue weighted by molar-refractivity contribution is 7.09. The summed E-state index contributed by atoms with van der Waals surface area (Å²) in [6, 6.07) is 0. The van der Waals surface area contributed by atoms with Gasteiger partial charge in [-0.15, -0.1) is 11.3 Å². The van der Waals surface area contributed by atoms with Gasteiger partial charge in [0.2, 0.25) is 0 Å². The number of thiazole rings is 1. The Morgan fingerprint density at radius 3 is 2.53 bits per heavy atom. The first kappa shape index (κ1) is 14.6. The van der Waals surface area contributed by atoms with E-state index in [2.05, 4.69) is 48.2 Å². The van der Waals surface area contributed by atoms with E-state index in [0.29, 0.717) is 0 Å². The number of rotatable bonds is 8. The van der Waals surface area contributed by atoms with E-state index in [9.17, 15) is 0 Å². The van der Waals surface area contributed by atoms with Gasteiger partial charge in [-0.3, -0.25) is 4.90 Å². The molecule has 0 aromatic carbocycles. The van der Waals surface area contributed by atoms with Crippen molar-refractivity contribution in [2.75, 3.05) is 47.3 Å². The van der Waals surface area contributed by atoms with Gasteiger partial charge in [-0.2, -0.15) is 0 Å². The Hall–Kier alpha value is -0.490. The summed E-state index contributed by atoms with van der Waals surface area (Å²) in [5, 5.41) is 3.45. The predicted molar refractivity (Wildman–Crippen MR) is 74.6 cm³/mol. The molecule has 5 heteroatoms. The number of nitrogens with zero attached hydrogens (tertiary/aromatic N) is 3. The van der Waals surface area contributed by atoms with Crippen LogP contribution in [0.25, 0.3) is 0 Å². The summed E-state index contributed by atoms with van der Waals surface area (Å²) in [7, 11) is 6.35. The number of hydrogen-bond donors (Lipinski definition) is 1. The summed E-state index contributed by atoms with van der Waals surface area (Å²) < 4.78 is 0. The zero-order valence-electron chi connectivity index (χ0n) is 11.4. The van der Waals surface area contributed by atoms with Gasteiger partial charge in [0.15, 0.2) is 0 Å². The average Bonchev–Trinajstić information content (AvgIpc) is 2.63. The molecule has 0 radical (unpaired) electrons. The Morgan fingerprint density at radius 2 is 1.94 bits per heavy atom. The highest BCUT2D eigenvalue weighted by Gasteiger charge is 2.04. The topological polar surface area (TPSA) is 31.4 Å². The van der Waals surface area contributed by atoms with Crippen molar-refractivity contribution < 1.29 is 0 Å². The van der Waals surface area contributed by atoms with Crippen molar-refractivity contribution in [1.82, 2.24) is 20.1 Å². The first-order chi connectivity index (χ1) is 8.09. The van der Waals surface area contributed by atoms with Crippen LogP contribution in [0.5, 0.6) is 0 Å². The molecule has 0 saturated heterocycles. The van der Waals surface area contributed by atoms with Crippen LogP contribution in [0, 0.1) is 6.92 Å². The monoisotopic (exact) mass is 256 g/mol. The summed E-state index contributed by atoms with van der Waals surface area (Å²) in [6.45, 7) is 7.35. The molecule has 0 amide bonds. The van der Waals surface area contributed by atoms with Crippen LogP contribution in [0.15, 0.2) is 5.51 Å². The number of aryl methyl sites for hydroxylation is 1. The van der Waals surface area contributed by atoms with Gasteiger partial charge in [0.1, 0.15) is 0 Å². The van der Waals surface area contributed by atoms with Crippen molar-refractivity contribution in [2.24, 2.45) is 0 Å². The maximum atomic E-state index is 4.27. The van der Waals surface area contributed by atoms with E-state index in [0.717, 1.165) is 32.7 Å². The van der Waals surface area contributed by atoms with Crippen molar-refractivity contribution in [1.29, 1.82) is 0 Å². The highest BCUT2D eigenvalue weighted by atomic mass is 32.1. The summed E-state index contributed by atoms with van der Waals surface area (Å²) in [4.78, 5) is 10.2. The summed E-state index contributed by atoms with van der Waals surface area (Å²) in [6.07, 6.45) is 0. The zero-order valence-corrected chi connectivity index (χ0v) is 12.2. The maximum absolute atomic E-state index is 4.27. The lowest BCUT2D eigenvalue weighted by molar-refractivity contribution is 0.320. The number of nitrogens with one attached hydrogen (secondary N) is 1. The van der Waals surface area contributed by atoms with Crippen molar-refractivity contribution in [2.45, 2.75) is 13.5 Å². The van der Waals surface area contributed by atoms with Crippen LogP contribution in [-0.2, 0) is 6.54 Å². The van der Waals surface area contributed by atoms with Gasteiger partial charge in [0, 0.05) is 37.6 Å². The van der Waals surface area contributed by atoms with Gasteiger partial charge in [-0.1, -0.05) is 0 Å². The second-order valence-corrected chi connectivity index (χ2v) is 5.59. The zero-order chi connectivity index (χ0) is 12.7. The maximum Gasteiger partial charge on any atom is 0.0798 e. The molecular formula is C12H24N4S. The van der Waals surface area contributed by atoms with Crippen molar-refractivity contribution in [3.8, 4) is 0 Å². The van der Waals surface area contributed by atoms with E-state index in [1.165, 1.54) is 10.6 Å². The SMILES string of the molecule is Cc1ncsc1CN(C)CCNCCN(C)C. The summed E-state index contributed by atoms with van der Waals surface area (Å²) in [5.41, 5.74) is 3.09. The standard InChI is InChI=1S/C12H24N4S/c1-11-12(17-10-14-11)9-16(4)8-6-13-5-7-15(2)3/h10,13H,5-9H2,1-4H3. The van der Waals surface area contributed by atoms with Crippen LogP contribution < -0.4 is 5.32 Å². The molecule has 0 unspecified atom stereocenters. The lowest BCUT2D eigenvalue weighted by Gasteiger charge is -2.17. The fourth-order valence-electron chi connectivity index (χ4n) is 1.50. The van der Waals surface area contributed by atoms with Gasteiger partial charge in [0.05, 0.1) is 11.2 Å². The molecule has 0 aliphatic heterocycles. The largest absolute Gasteiger partial charge is 0.314 e. The number of aromatic nitrogens is 1. The van der Waals surface area contributed by atoms with Gasteiger partial charge >= 0.3 is 0 Å². The van der Waals surface area contributed by atoms with Crippen molar-refractivity contribution in [3.63, 3.8) is 0 Å². The third-order valence-corrected chi connectivity index (χ3v) is 3.58. The molecule has 4 nitrogen and oxygen atoms in total. The molecule has 0 fully saturated rings. The molecule has 0 atom stereocenters. The fraction of sp³-hybridized carbons (Fsp3) is 0.750. The van der Waals surface area contributed by atoms with Gasteiger partial charge in [-0.25, -0.2) is 4.98 Å². The van der Waals surface area contributed by atoms with E-state index in [1.807, 2.05) is 5.51 Å². The molecule has 1 aromatic rings. The second kappa shape index (κ2) is 7.76. The first-order valence-corrected chi connectivity index (χ1v) is 6.90. The quantitative estimate of drug-likeness (QED) is 0.704. The normalized spacial score (nSPS) is 11.6. The molecule has 0 saturated carbocycles. The van der Waals surface area contributed by atoms with Crippen LogP contribution in [0.1, 0.15) is 10.6 Å². The Balaban J connectivity index is 2.09. The third kappa shape index (κ3) is 6.12. The van der Waals surface area contributed by atoms with Crippen molar-refractivity contribution >= 4 is 11.3 Å². The molecule has 0 bridgehead atoms. The second-order valence-electron chi connectivity index (χ2n) is 4.65. The number of hydrogen-bond acceptors (Lipinski definition) is 5. The van der Waals surface area contributed by atoms with Crippen LogP contribution in [0.2, 0.25) is 0 Å². The van der Waals surface area contributed by atoms with E-state index in [1.54, 1.807) is 11.3 Å². The van der Waals surface area contributed by atoms with E-state index in [-0.39, 0.29) is 0 Å². The van der Waals surface area contributed by atoms with Crippen LogP contribution in [0.4, 0.5) is 0 Å². The molecule has 0 aliphatic carbocycles. The fourth-order valence-corrected chi connectivity index (χ4v) is 2.36. The van der Waals surface area contributed by atoms with E-state index >= 15 is 0 Å². The average molecular weight is 256 g/mol. The molecular weight excluding hydrogens is 232 g/mol. The van der Waals surface area contributed by atoms with Crippen LogP contribution in [0.3, 0.4) is 0 Å². The molecule has 1 heterocycles. The molecule has 1 rings (SSSR count). The highest BCUT2D eigenvalue weighted by Crippen LogP contribution is 2.13. The minimum Gasteiger partial charge on any atom is -0.314 e. The lowest BCUT2D eigenvalue weighted by atomic mass is 10.3. The molecule has 0 spiro atoms. The van der Waals surface area contributed by atoms with E-state index in [4.69, 9.17) is 0 Å². The Bertz CT molecular complexity index is 311. The molecule has 0 aliphatic rings. The molecule has 1 aromatic heterocycles. The van der Waals surface area contributed by atoms with Crippen LogP contribution in [-0.4, -0.2) is 62.1 Å². The van der Waals surface area contributed by atoms with E-state index < -0.39 is 0 Å². The molecule has 17 heavy (non-hydrogen) atoms. The summed E-state index contributed by atoms with van der Waals surface area (Å²) >= 11 is 1.75. The van der Waals surface area contributed by atoms with Gasteiger partial charge in [0.25, 0.3) is 0 Å². The van der Waals surface area contributed by atoms with Gasteiger partial charge < -0.3 is 10.2 Å². The predicted octanol–water partition coefficient (Wildman–Crippen LogP) is 1.03. The summed E-state index contributed by atoms with van der Waals surface area (Å²) in [5.74, 6) is 0. The molecule has 98 valence electrons. The smallest absolute Gasteiger partial charge is 0.0798 e. The Labute approximate surface area is 109 Å². The minimum absolute atomic E-state index is 1.01. The third-order valence-electron chi connectivity index (χ3n) is 2.66. The van der Waals surface area contributed by atoms with Crippen molar-refractivity contribution in [3.05, 3.63) is 16.1 Å². The minimum atomic E-state index is 1.01. The number of likely N-dealkylation sites (N-methyl/N-ethyl adjacent to an activating group) is 2. The van der Waals surface area contributed by atoms with Gasteiger partial charge in [-0.05, 0) is 28.1 Å². The molecule has 1 N–H and O–H groups in total. The first-order valence-electron chi connectivity index (χ1n) is 6.02. The Kier molecular flexibility index (Phi) is 6.65.